The summed E-state index contributed by atoms with van der Waals surface area (Å²) in [6.07, 6.45) is 44.9. The number of hydrogen-bond donors (Lipinski definition) is 4. The van der Waals surface area contributed by atoms with E-state index >= 15 is 0 Å². The number of hydrogen-bond acceptors (Lipinski definition) is 6. The molecule has 2 atom stereocenters. The van der Waals surface area contributed by atoms with Crippen molar-refractivity contribution in [1.82, 2.24) is 10.6 Å². The molecule has 9 nitrogen and oxygen atoms in total. The molecule has 0 rings (SSSR count). The zero-order valence-electron chi connectivity index (χ0n) is 35.4. The molecule has 0 bridgehead atoms. The lowest BCUT2D eigenvalue weighted by Gasteiger charge is -2.18. The summed E-state index contributed by atoms with van der Waals surface area (Å²) >= 11 is 0. The molecule has 0 aliphatic carbocycles. The predicted molar refractivity (Wildman–Crippen MR) is 227 cm³/mol. The van der Waals surface area contributed by atoms with Crippen molar-refractivity contribution < 1.29 is 34.1 Å². The first-order valence-corrected chi connectivity index (χ1v) is 22.7. The number of aliphatic carboxylic acids is 1. The van der Waals surface area contributed by atoms with Crippen molar-refractivity contribution in [3.8, 4) is 0 Å². The molecule has 0 saturated heterocycles. The van der Waals surface area contributed by atoms with Crippen LogP contribution in [0.4, 0.5) is 0 Å². The zero-order chi connectivity index (χ0) is 40.5. The highest BCUT2D eigenvalue weighted by molar-refractivity contribution is 5.87. The maximum Gasteiger partial charge on any atom is 0.328 e. The van der Waals surface area contributed by atoms with Crippen LogP contribution in [-0.4, -0.2) is 59.3 Å². The van der Waals surface area contributed by atoms with Gasteiger partial charge in [-0.3, -0.25) is 14.4 Å². The Morgan fingerprint density at radius 3 is 1.44 bits per heavy atom. The number of allylic oxidation sites excluding steroid dienone is 4. The molecule has 0 aromatic carbocycles. The molecular weight excluding hydrogens is 693 g/mol. The van der Waals surface area contributed by atoms with Crippen molar-refractivity contribution in [3.05, 3.63) is 24.3 Å². The lowest BCUT2D eigenvalue weighted by atomic mass is 10.0. The number of aliphatic hydroxyl groups excluding tert-OH is 1. The van der Waals surface area contributed by atoms with Crippen LogP contribution >= 0.6 is 0 Å². The molecule has 0 heterocycles. The predicted octanol–water partition coefficient (Wildman–Crippen LogP) is 11.2. The monoisotopic (exact) mass is 777 g/mol. The summed E-state index contributed by atoms with van der Waals surface area (Å²) in [5, 5.41) is 22.6. The first-order chi connectivity index (χ1) is 26.8. The van der Waals surface area contributed by atoms with E-state index in [0.717, 1.165) is 77.0 Å². The Morgan fingerprint density at radius 2 is 0.945 bits per heavy atom. The minimum atomic E-state index is -1.38. The number of carboxylic acid groups (broad SMARTS) is 1. The highest BCUT2D eigenvalue weighted by Crippen LogP contribution is 2.18. The van der Waals surface area contributed by atoms with Crippen LogP contribution in [0.1, 0.15) is 219 Å². The molecule has 0 aromatic rings. The normalized spacial score (nSPS) is 12.6. The number of nitrogens with one attached hydrogen (secondary N) is 2. The minimum Gasteiger partial charge on any atom is -0.480 e. The summed E-state index contributed by atoms with van der Waals surface area (Å²) < 4.78 is 6.02. The molecule has 0 fully saturated rings. The second-order valence-electron chi connectivity index (χ2n) is 15.5. The van der Waals surface area contributed by atoms with Gasteiger partial charge in [-0.1, -0.05) is 147 Å². The molecule has 2 unspecified atom stereocenters. The number of aliphatic hydroxyl groups is 1. The van der Waals surface area contributed by atoms with Gasteiger partial charge in [0.1, 0.15) is 12.1 Å². The highest BCUT2D eigenvalue weighted by atomic mass is 16.5. The fraction of sp³-hybridized carbons (Fsp3) is 0.826. The molecule has 0 saturated carbocycles. The molecule has 0 spiro atoms. The maximum atomic E-state index is 12.8. The smallest absolute Gasteiger partial charge is 0.328 e. The summed E-state index contributed by atoms with van der Waals surface area (Å²) in [6, 6.07) is -1.38. The minimum absolute atomic E-state index is 0.0458. The molecular formula is C46H84N2O7. The first-order valence-electron chi connectivity index (χ1n) is 22.7. The Balaban J connectivity index is 4.36. The van der Waals surface area contributed by atoms with Crippen molar-refractivity contribution in [3.63, 3.8) is 0 Å². The fourth-order valence-corrected chi connectivity index (χ4v) is 6.65. The van der Waals surface area contributed by atoms with Crippen molar-refractivity contribution in [1.29, 1.82) is 0 Å². The average Bonchev–Trinajstić information content (AvgIpc) is 3.17. The first kappa shape index (κ1) is 52.3. The highest BCUT2D eigenvalue weighted by Gasteiger charge is 2.19. The third-order valence-electron chi connectivity index (χ3n) is 10.2. The van der Waals surface area contributed by atoms with Gasteiger partial charge in [0.05, 0.1) is 13.2 Å². The quantitative estimate of drug-likeness (QED) is 0.0275. The van der Waals surface area contributed by atoms with Gasteiger partial charge >= 0.3 is 11.9 Å². The number of esters is 1. The largest absolute Gasteiger partial charge is 0.480 e. The molecule has 4 N–H and O–H groups in total. The van der Waals surface area contributed by atoms with E-state index in [-0.39, 0.29) is 24.5 Å². The van der Waals surface area contributed by atoms with E-state index in [1.807, 2.05) is 0 Å². The van der Waals surface area contributed by atoms with Gasteiger partial charge in [0, 0.05) is 12.8 Å². The van der Waals surface area contributed by atoms with Crippen LogP contribution in [0.25, 0.3) is 0 Å². The van der Waals surface area contributed by atoms with Gasteiger partial charge in [-0.2, -0.15) is 0 Å². The molecule has 320 valence electrons. The fourth-order valence-electron chi connectivity index (χ4n) is 6.65. The zero-order valence-corrected chi connectivity index (χ0v) is 35.4. The third kappa shape index (κ3) is 38.0. The van der Waals surface area contributed by atoms with Crippen molar-refractivity contribution in [2.45, 2.75) is 231 Å². The summed E-state index contributed by atoms with van der Waals surface area (Å²) in [4.78, 5) is 47.6. The Morgan fingerprint density at radius 1 is 0.527 bits per heavy atom. The number of ether oxygens (including phenoxy) is 1. The van der Waals surface area contributed by atoms with Crippen molar-refractivity contribution in [2.75, 3.05) is 13.2 Å². The van der Waals surface area contributed by atoms with Crippen LogP contribution in [0.5, 0.6) is 0 Å². The number of rotatable bonds is 41. The Kier molecular flexibility index (Phi) is 39.0. The van der Waals surface area contributed by atoms with E-state index in [1.165, 1.54) is 109 Å². The van der Waals surface area contributed by atoms with Crippen LogP contribution in [0.2, 0.25) is 0 Å². The molecule has 0 radical (unpaired) electrons. The Labute approximate surface area is 336 Å². The van der Waals surface area contributed by atoms with E-state index in [9.17, 15) is 19.2 Å². The van der Waals surface area contributed by atoms with Gasteiger partial charge in [0.15, 0.2) is 0 Å². The molecule has 2 amide bonds. The lowest BCUT2D eigenvalue weighted by Crippen LogP contribution is -2.47. The second kappa shape index (κ2) is 41.0. The second-order valence-corrected chi connectivity index (χ2v) is 15.5. The van der Waals surface area contributed by atoms with Gasteiger partial charge in [-0.15, -0.1) is 0 Å². The SMILES string of the molecule is CCCCCCC/C=C\CCCCCCCC(=O)OC(CCC/C=C\CCCCCCCCCC)CCCCCCCC(=O)NCC(=O)NC(CO)C(=O)O. The van der Waals surface area contributed by atoms with Gasteiger partial charge in [0.2, 0.25) is 11.8 Å². The standard InChI is InChI=1S/C46H84N2O7/c1-3-5-7-9-11-13-15-17-19-21-23-25-30-34-38-45(52)55-41(35-31-27-24-22-20-18-16-14-12-10-8-6-4-2)36-32-28-26-29-33-37-43(50)47-39-44(51)48-42(40-49)46(53)54/h15,17,22,24,41-42,49H,3-14,16,18-21,23,25-40H2,1-2H3,(H,47,50)(H,48,51)(H,53,54)/b17-15-,24-22-. The number of carboxylic acids is 1. The van der Waals surface area contributed by atoms with Crippen LogP contribution in [0, 0.1) is 0 Å². The van der Waals surface area contributed by atoms with Gasteiger partial charge in [-0.05, 0) is 83.5 Å². The van der Waals surface area contributed by atoms with Crippen LogP contribution < -0.4 is 10.6 Å². The van der Waals surface area contributed by atoms with Crippen LogP contribution in [0.15, 0.2) is 24.3 Å². The lowest BCUT2D eigenvalue weighted by molar-refractivity contribution is -0.150. The molecule has 0 aliphatic rings. The summed E-state index contributed by atoms with van der Waals surface area (Å²) in [6.45, 7) is 3.48. The number of amides is 2. The van der Waals surface area contributed by atoms with Crippen LogP contribution in [-0.2, 0) is 23.9 Å². The van der Waals surface area contributed by atoms with E-state index in [1.54, 1.807) is 0 Å². The molecule has 0 aliphatic heterocycles. The summed E-state index contributed by atoms with van der Waals surface area (Å²) in [5.41, 5.74) is 0. The van der Waals surface area contributed by atoms with E-state index in [4.69, 9.17) is 14.9 Å². The Bertz CT molecular complexity index is 983. The van der Waals surface area contributed by atoms with E-state index in [0.29, 0.717) is 19.3 Å². The maximum absolute atomic E-state index is 12.8. The van der Waals surface area contributed by atoms with Crippen LogP contribution in [0.3, 0.4) is 0 Å². The van der Waals surface area contributed by atoms with Gasteiger partial charge in [0.25, 0.3) is 0 Å². The van der Waals surface area contributed by atoms with E-state index in [2.05, 4.69) is 48.8 Å². The third-order valence-corrected chi connectivity index (χ3v) is 10.2. The molecule has 0 aromatic heterocycles. The average molecular weight is 777 g/mol. The topological polar surface area (TPSA) is 142 Å². The summed E-state index contributed by atoms with van der Waals surface area (Å²) in [5.74, 6) is -2.31. The van der Waals surface area contributed by atoms with Crippen molar-refractivity contribution in [2.24, 2.45) is 0 Å². The number of carbonyl (C=O) groups is 4. The van der Waals surface area contributed by atoms with E-state index < -0.39 is 24.5 Å². The van der Waals surface area contributed by atoms with Gasteiger partial charge < -0.3 is 25.6 Å². The van der Waals surface area contributed by atoms with Gasteiger partial charge in [-0.25, -0.2) is 4.79 Å². The van der Waals surface area contributed by atoms with Crippen molar-refractivity contribution >= 4 is 23.8 Å². The summed E-state index contributed by atoms with van der Waals surface area (Å²) in [7, 11) is 0. The number of carbonyl (C=O) groups excluding carboxylic acids is 3. The molecule has 9 heteroatoms. The number of unbranched alkanes of at least 4 members (excludes halogenated alkanes) is 23. The molecule has 55 heavy (non-hydrogen) atoms. The Hall–Kier alpha value is -2.68.